The van der Waals surface area contributed by atoms with Gasteiger partial charge in [-0.1, -0.05) is 18.2 Å². The molecule has 2 heterocycles. The Morgan fingerprint density at radius 3 is 2.60 bits per heavy atom. The summed E-state index contributed by atoms with van der Waals surface area (Å²) in [6.45, 7) is 1.85. The molecule has 100 valence electrons. The molecule has 0 spiro atoms. The van der Waals surface area contributed by atoms with Crippen LogP contribution in [0.25, 0.3) is 10.8 Å². The first-order valence-corrected chi connectivity index (χ1v) is 6.36. The van der Waals surface area contributed by atoms with Crippen LogP contribution in [0.1, 0.15) is 11.3 Å². The fourth-order valence-corrected chi connectivity index (χ4v) is 2.11. The van der Waals surface area contributed by atoms with Crippen molar-refractivity contribution in [1.82, 2.24) is 9.97 Å². The number of aliphatic hydroxyl groups is 1. The van der Waals surface area contributed by atoms with Crippen molar-refractivity contribution in [3.63, 3.8) is 0 Å². The van der Waals surface area contributed by atoms with E-state index in [-0.39, 0.29) is 6.61 Å². The van der Waals surface area contributed by atoms with Gasteiger partial charge in [-0.2, -0.15) is 0 Å². The van der Waals surface area contributed by atoms with Gasteiger partial charge in [-0.15, -0.1) is 0 Å². The number of nitrogens with zero attached hydrogens (tertiary/aromatic N) is 2. The smallest absolute Gasteiger partial charge is 0.227 e. The van der Waals surface area contributed by atoms with Crippen LogP contribution in [0.5, 0.6) is 11.6 Å². The zero-order valence-electron chi connectivity index (χ0n) is 11.1. The van der Waals surface area contributed by atoms with E-state index in [4.69, 9.17) is 4.74 Å². The highest BCUT2D eigenvalue weighted by atomic mass is 16.5. The Hall–Kier alpha value is -2.46. The zero-order chi connectivity index (χ0) is 13.9. The van der Waals surface area contributed by atoms with Gasteiger partial charge < -0.3 is 9.84 Å². The molecule has 4 nitrogen and oxygen atoms in total. The highest BCUT2D eigenvalue weighted by molar-refractivity contribution is 5.89. The number of aromatic nitrogens is 2. The second kappa shape index (κ2) is 5.27. The predicted octanol–water partition coefficient (Wildman–Crippen LogP) is 3.22. The molecule has 0 aliphatic rings. The van der Waals surface area contributed by atoms with Gasteiger partial charge in [0, 0.05) is 23.3 Å². The largest absolute Gasteiger partial charge is 0.436 e. The standard InChI is InChI=1S/C16H14N2O2/c1-11-15(7-4-8-17-11)20-16-14-6-3-2-5-13(14)12(10-19)9-18-16/h2-9,19H,10H2,1H3. The molecule has 0 amide bonds. The summed E-state index contributed by atoms with van der Waals surface area (Å²) in [5.74, 6) is 1.20. The van der Waals surface area contributed by atoms with Crippen LogP contribution >= 0.6 is 0 Å². The minimum atomic E-state index is -0.0420. The molecule has 0 fully saturated rings. The van der Waals surface area contributed by atoms with Gasteiger partial charge in [-0.25, -0.2) is 4.98 Å². The van der Waals surface area contributed by atoms with Crippen molar-refractivity contribution in [3.05, 3.63) is 60.0 Å². The summed E-state index contributed by atoms with van der Waals surface area (Å²) < 4.78 is 5.87. The molecule has 0 saturated heterocycles. The minimum Gasteiger partial charge on any atom is -0.436 e. The number of hydrogen-bond acceptors (Lipinski definition) is 4. The average molecular weight is 266 g/mol. The molecule has 4 heteroatoms. The van der Waals surface area contributed by atoms with Gasteiger partial charge in [0.25, 0.3) is 0 Å². The summed E-state index contributed by atoms with van der Waals surface area (Å²) in [5.41, 5.74) is 1.60. The quantitative estimate of drug-likeness (QED) is 0.790. The van der Waals surface area contributed by atoms with Gasteiger partial charge in [-0.3, -0.25) is 4.98 Å². The number of aryl methyl sites for hydroxylation is 1. The number of hydrogen-bond donors (Lipinski definition) is 1. The third-order valence-corrected chi connectivity index (χ3v) is 3.18. The van der Waals surface area contributed by atoms with E-state index in [9.17, 15) is 5.11 Å². The number of ether oxygens (including phenoxy) is 1. The Balaban J connectivity index is 2.11. The van der Waals surface area contributed by atoms with Gasteiger partial charge in [0.1, 0.15) is 0 Å². The van der Waals surface area contributed by atoms with Crippen molar-refractivity contribution < 1.29 is 9.84 Å². The molecular weight excluding hydrogens is 252 g/mol. The molecule has 2 aromatic heterocycles. The fourth-order valence-electron chi connectivity index (χ4n) is 2.11. The third-order valence-electron chi connectivity index (χ3n) is 3.18. The van der Waals surface area contributed by atoms with Crippen LogP contribution in [0.3, 0.4) is 0 Å². The van der Waals surface area contributed by atoms with Crippen molar-refractivity contribution in [2.45, 2.75) is 13.5 Å². The van der Waals surface area contributed by atoms with E-state index >= 15 is 0 Å². The summed E-state index contributed by atoms with van der Waals surface area (Å²) in [5, 5.41) is 11.2. The van der Waals surface area contributed by atoms with Crippen LogP contribution in [-0.4, -0.2) is 15.1 Å². The number of benzene rings is 1. The van der Waals surface area contributed by atoms with Crippen LogP contribution in [-0.2, 0) is 6.61 Å². The first kappa shape index (κ1) is 12.6. The Bertz CT molecular complexity index is 756. The van der Waals surface area contributed by atoms with E-state index in [1.165, 1.54) is 0 Å². The second-order valence-corrected chi connectivity index (χ2v) is 4.48. The van der Waals surface area contributed by atoms with E-state index in [2.05, 4.69) is 9.97 Å². The summed E-state index contributed by atoms with van der Waals surface area (Å²) >= 11 is 0. The van der Waals surface area contributed by atoms with Crippen molar-refractivity contribution in [2.24, 2.45) is 0 Å². The Morgan fingerprint density at radius 1 is 1.05 bits per heavy atom. The first-order valence-electron chi connectivity index (χ1n) is 6.36. The molecule has 0 aliphatic carbocycles. The maximum Gasteiger partial charge on any atom is 0.227 e. The van der Waals surface area contributed by atoms with E-state index in [1.807, 2.05) is 43.3 Å². The molecule has 1 aromatic carbocycles. The van der Waals surface area contributed by atoms with Crippen molar-refractivity contribution in [2.75, 3.05) is 0 Å². The lowest BCUT2D eigenvalue weighted by Crippen LogP contribution is -1.95. The number of pyridine rings is 2. The van der Waals surface area contributed by atoms with Gasteiger partial charge in [-0.05, 0) is 30.5 Å². The topological polar surface area (TPSA) is 55.2 Å². The average Bonchev–Trinajstić information content (AvgIpc) is 2.50. The van der Waals surface area contributed by atoms with Crippen LogP contribution in [0.2, 0.25) is 0 Å². The lowest BCUT2D eigenvalue weighted by molar-refractivity contribution is 0.282. The maximum absolute atomic E-state index is 9.37. The molecule has 0 aliphatic heterocycles. The maximum atomic E-state index is 9.37. The van der Waals surface area contributed by atoms with Crippen LogP contribution < -0.4 is 4.74 Å². The molecule has 0 atom stereocenters. The van der Waals surface area contributed by atoms with Gasteiger partial charge in [0.05, 0.1) is 12.3 Å². The lowest BCUT2D eigenvalue weighted by atomic mass is 10.1. The van der Waals surface area contributed by atoms with Gasteiger partial charge in [0.15, 0.2) is 5.75 Å². The van der Waals surface area contributed by atoms with Crippen molar-refractivity contribution in [1.29, 1.82) is 0 Å². The van der Waals surface area contributed by atoms with Gasteiger partial charge >= 0.3 is 0 Å². The number of aliphatic hydroxyl groups excluding tert-OH is 1. The summed E-state index contributed by atoms with van der Waals surface area (Å²) in [6.07, 6.45) is 3.37. The SMILES string of the molecule is Cc1ncccc1Oc1ncc(CO)c2ccccc12. The van der Waals surface area contributed by atoms with Crippen molar-refractivity contribution >= 4 is 10.8 Å². The molecule has 1 N–H and O–H groups in total. The van der Waals surface area contributed by atoms with Crippen LogP contribution in [0.4, 0.5) is 0 Å². The van der Waals surface area contributed by atoms with Crippen molar-refractivity contribution in [3.8, 4) is 11.6 Å². The molecule has 0 radical (unpaired) electrons. The monoisotopic (exact) mass is 266 g/mol. The number of rotatable bonds is 3. The fraction of sp³-hybridized carbons (Fsp3) is 0.125. The predicted molar refractivity (Wildman–Crippen MR) is 76.7 cm³/mol. The Morgan fingerprint density at radius 2 is 1.85 bits per heavy atom. The summed E-state index contributed by atoms with van der Waals surface area (Å²) in [6, 6.07) is 11.4. The second-order valence-electron chi connectivity index (χ2n) is 4.48. The lowest BCUT2D eigenvalue weighted by Gasteiger charge is -2.11. The molecule has 0 bridgehead atoms. The third kappa shape index (κ3) is 2.21. The van der Waals surface area contributed by atoms with E-state index in [0.717, 1.165) is 22.0 Å². The van der Waals surface area contributed by atoms with E-state index in [0.29, 0.717) is 11.6 Å². The normalized spacial score (nSPS) is 10.7. The summed E-state index contributed by atoms with van der Waals surface area (Å²) in [4.78, 5) is 8.50. The molecule has 20 heavy (non-hydrogen) atoms. The zero-order valence-corrected chi connectivity index (χ0v) is 11.1. The van der Waals surface area contributed by atoms with Crippen LogP contribution in [0.15, 0.2) is 48.8 Å². The van der Waals surface area contributed by atoms with E-state index < -0.39 is 0 Å². The Labute approximate surface area is 116 Å². The molecular formula is C16H14N2O2. The highest BCUT2D eigenvalue weighted by Crippen LogP contribution is 2.30. The minimum absolute atomic E-state index is 0.0420. The molecule has 0 saturated carbocycles. The number of fused-ring (bicyclic) bond motifs is 1. The highest BCUT2D eigenvalue weighted by Gasteiger charge is 2.09. The molecule has 0 unspecified atom stereocenters. The molecule has 3 aromatic rings. The van der Waals surface area contributed by atoms with Crippen LogP contribution in [0, 0.1) is 6.92 Å². The first-order chi connectivity index (χ1) is 9.79. The Kier molecular flexibility index (Phi) is 3.31. The van der Waals surface area contributed by atoms with E-state index in [1.54, 1.807) is 12.4 Å². The van der Waals surface area contributed by atoms with Gasteiger partial charge in [0.2, 0.25) is 5.88 Å². The summed E-state index contributed by atoms with van der Waals surface area (Å²) in [7, 11) is 0. The molecule has 3 rings (SSSR count).